The maximum absolute atomic E-state index is 11.6. The Kier molecular flexibility index (Phi) is 5.40. The van der Waals surface area contributed by atoms with E-state index in [2.05, 4.69) is 25.5 Å². The van der Waals surface area contributed by atoms with Crippen molar-refractivity contribution in [3.63, 3.8) is 0 Å². The SMILES string of the molecule is CN(CCOC(F)F)CC(C)(C)C. The Morgan fingerprint density at radius 3 is 2.23 bits per heavy atom. The number of ether oxygens (including phenoxy) is 1. The van der Waals surface area contributed by atoms with Crippen molar-refractivity contribution in [2.45, 2.75) is 27.4 Å². The van der Waals surface area contributed by atoms with Crippen LogP contribution in [0.25, 0.3) is 0 Å². The Balaban J connectivity index is 3.46. The van der Waals surface area contributed by atoms with Crippen molar-refractivity contribution >= 4 is 0 Å². The van der Waals surface area contributed by atoms with E-state index in [9.17, 15) is 8.78 Å². The predicted molar refractivity (Wildman–Crippen MR) is 48.9 cm³/mol. The van der Waals surface area contributed by atoms with Gasteiger partial charge in [0.15, 0.2) is 0 Å². The molecule has 4 heteroatoms. The van der Waals surface area contributed by atoms with Crippen LogP contribution in [0.15, 0.2) is 0 Å². The molecule has 0 aliphatic heterocycles. The van der Waals surface area contributed by atoms with Crippen molar-refractivity contribution in [3.05, 3.63) is 0 Å². The van der Waals surface area contributed by atoms with Crippen LogP contribution in [0.1, 0.15) is 20.8 Å². The van der Waals surface area contributed by atoms with Crippen LogP contribution in [0.4, 0.5) is 8.78 Å². The molecule has 0 atom stereocenters. The lowest BCUT2D eigenvalue weighted by atomic mass is 9.96. The summed E-state index contributed by atoms with van der Waals surface area (Å²) in [5.41, 5.74) is 0.194. The van der Waals surface area contributed by atoms with E-state index in [4.69, 9.17) is 0 Å². The van der Waals surface area contributed by atoms with E-state index in [1.165, 1.54) is 0 Å². The second kappa shape index (κ2) is 5.50. The van der Waals surface area contributed by atoms with Crippen LogP contribution in [0.3, 0.4) is 0 Å². The highest BCUT2D eigenvalue weighted by Crippen LogP contribution is 2.13. The zero-order valence-electron chi connectivity index (χ0n) is 8.81. The van der Waals surface area contributed by atoms with E-state index >= 15 is 0 Å². The van der Waals surface area contributed by atoms with Crippen molar-refractivity contribution in [1.82, 2.24) is 4.90 Å². The molecule has 0 radical (unpaired) electrons. The summed E-state index contributed by atoms with van der Waals surface area (Å²) >= 11 is 0. The van der Waals surface area contributed by atoms with Crippen molar-refractivity contribution < 1.29 is 13.5 Å². The zero-order chi connectivity index (χ0) is 10.5. The van der Waals surface area contributed by atoms with Gasteiger partial charge in [-0.1, -0.05) is 20.8 Å². The molecule has 0 aliphatic carbocycles. The fourth-order valence-electron chi connectivity index (χ4n) is 1.19. The molecule has 0 aromatic carbocycles. The summed E-state index contributed by atoms with van der Waals surface area (Å²) in [7, 11) is 1.90. The molecule has 0 aromatic rings. The van der Waals surface area contributed by atoms with Gasteiger partial charge in [0.1, 0.15) is 0 Å². The second-order valence-corrected chi connectivity index (χ2v) is 4.43. The van der Waals surface area contributed by atoms with Crippen LogP contribution in [-0.4, -0.2) is 38.3 Å². The summed E-state index contributed by atoms with van der Waals surface area (Å²) in [5, 5.41) is 0. The fourth-order valence-corrected chi connectivity index (χ4v) is 1.19. The summed E-state index contributed by atoms with van der Waals surface area (Å²) < 4.78 is 27.3. The van der Waals surface area contributed by atoms with Gasteiger partial charge in [0.2, 0.25) is 0 Å². The van der Waals surface area contributed by atoms with Crippen molar-refractivity contribution in [1.29, 1.82) is 0 Å². The van der Waals surface area contributed by atoms with Crippen LogP contribution >= 0.6 is 0 Å². The lowest BCUT2D eigenvalue weighted by Gasteiger charge is -2.26. The van der Waals surface area contributed by atoms with Crippen molar-refractivity contribution in [2.75, 3.05) is 26.7 Å². The Morgan fingerprint density at radius 1 is 1.31 bits per heavy atom. The normalized spacial score (nSPS) is 12.9. The number of hydrogen-bond donors (Lipinski definition) is 0. The fraction of sp³-hybridized carbons (Fsp3) is 1.00. The van der Waals surface area contributed by atoms with E-state index in [1.807, 2.05) is 11.9 Å². The van der Waals surface area contributed by atoms with Crippen molar-refractivity contribution in [2.24, 2.45) is 5.41 Å². The second-order valence-electron chi connectivity index (χ2n) is 4.43. The van der Waals surface area contributed by atoms with Crippen molar-refractivity contribution in [3.8, 4) is 0 Å². The molecule has 0 fully saturated rings. The molecular formula is C9H19F2NO. The molecule has 0 saturated heterocycles. The van der Waals surface area contributed by atoms with Gasteiger partial charge in [0, 0.05) is 13.1 Å². The van der Waals surface area contributed by atoms with Crippen LogP contribution in [0, 0.1) is 5.41 Å². The minimum Gasteiger partial charge on any atom is -0.322 e. The van der Waals surface area contributed by atoms with Crippen LogP contribution in [-0.2, 0) is 4.74 Å². The lowest BCUT2D eigenvalue weighted by molar-refractivity contribution is -0.131. The maximum Gasteiger partial charge on any atom is 0.345 e. The number of halogens is 2. The molecule has 0 amide bonds. The van der Waals surface area contributed by atoms with E-state index < -0.39 is 6.61 Å². The standard InChI is InChI=1S/C9H19F2NO/c1-9(2,3)7-12(4)5-6-13-8(10)11/h8H,5-7H2,1-4H3. The largest absolute Gasteiger partial charge is 0.345 e. The van der Waals surface area contributed by atoms with Crippen LogP contribution in [0.2, 0.25) is 0 Å². The molecule has 0 rings (SSSR count). The molecule has 0 heterocycles. The van der Waals surface area contributed by atoms with Crippen LogP contribution < -0.4 is 0 Å². The highest BCUT2D eigenvalue weighted by atomic mass is 19.3. The average molecular weight is 195 g/mol. The number of alkyl halides is 2. The summed E-state index contributed by atoms with van der Waals surface area (Å²) in [5.74, 6) is 0. The van der Waals surface area contributed by atoms with Gasteiger partial charge in [-0.05, 0) is 12.5 Å². The summed E-state index contributed by atoms with van der Waals surface area (Å²) in [6.07, 6.45) is 0. The van der Waals surface area contributed by atoms with Gasteiger partial charge in [-0.25, -0.2) is 0 Å². The topological polar surface area (TPSA) is 12.5 Å². The Hall–Kier alpha value is -0.220. The molecule has 13 heavy (non-hydrogen) atoms. The molecular weight excluding hydrogens is 176 g/mol. The summed E-state index contributed by atoms with van der Waals surface area (Å²) in [6, 6.07) is 0. The minimum absolute atomic E-state index is 0.0875. The Labute approximate surface area is 78.9 Å². The third kappa shape index (κ3) is 9.70. The quantitative estimate of drug-likeness (QED) is 0.667. The minimum atomic E-state index is -2.65. The van der Waals surface area contributed by atoms with Crippen LogP contribution in [0.5, 0.6) is 0 Å². The van der Waals surface area contributed by atoms with Gasteiger partial charge in [-0.15, -0.1) is 0 Å². The Morgan fingerprint density at radius 2 is 1.85 bits per heavy atom. The van der Waals surface area contributed by atoms with E-state index in [0.29, 0.717) is 6.54 Å². The number of hydrogen-bond acceptors (Lipinski definition) is 2. The molecule has 0 aliphatic rings. The number of likely N-dealkylation sites (N-methyl/N-ethyl adjacent to an activating group) is 1. The highest BCUT2D eigenvalue weighted by Gasteiger charge is 2.13. The first-order valence-electron chi connectivity index (χ1n) is 4.39. The zero-order valence-corrected chi connectivity index (χ0v) is 8.81. The average Bonchev–Trinajstić information content (AvgIpc) is 1.81. The summed E-state index contributed by atoms with van der Waals surface area (Å²) in [4.78, 5) is 1.99. The first kappa shape index (κ1) is 12.8. The third-order valence-corrected chi connectivity index (χ3v) is 1.46. The van der Waals surface area contributed by atoms with E-state index in [-0.39, 0.29) is 12.0 Å². The third-order valence-electron chi connectivity index (χ3n) is 1.46. The van der Waals surface area contributed by atoms with Gasteiger partial charge in [0.05, 0.1) is 6.61 Å². The number of nitrogens with zero attached hydrogens (tertiary/aromatic N) is 1. The van der Waals surface area contributed by atoms with E-state index in [0.717, 1.165) is 6.54 Å². The molecule has 0 aromatic heterocycles. The molecule has 80 valence electrons. The van der Waals surface area contributed by atoms with Gasteiger partial charge in [-0.2, -0.15) is 8.78 Å². The molecule has 0 bridgehead atoms. The highest BCUT2D eigenvalue weighted by molar-refractivity contribution is 4.65. The van der Waals surface area contributed by atoms with Gasteiger partial charge < -0.3 is 9.64 Å². The molecule has 0 spiro atoms. The Bertz CT molecular complexity index is 134. The smallest absolute Gasteiger partial charge is 0.322 e. The molecule has 0 saturated carbocycles. The molecule has 2 nitrogen and oxygen atoms in total. The van der Waals surface area contributed by atoms with Gasteiger partial charge in [0.25, 0.3) is 0 Å². The monoisotopic (exact) mass is 195 g/mol. The maximum atomic E-state index is 11.6. The number of rotatable bonds is 5. The lowest BCUT2D eigenvalue weighted by Crippen LogP contribution is -2.32. The first-order chi connectivity index (χ1) is 5.81. The van der Waals surface area contributed by atoms with Gasteiger partial charge in [-0.3, -0.25) is 0 Å². The molecule has 0 N–H and O–H groups in total. The van der Waals surface area contributed by atoms with Gasteiger partial charge >= 0.3 is 6.61 Å². The van der Waals surface area contributed by atoms with E-state index in [1.54, 1.807) is 0 Å². The molecule has 0 unspecified atom stereocenters. The summed E-state index contributed by atoms with van der Waals surface area (Å²) in [6.45, 7) is 5.18. The first-order valence-corrected chi connectivity index (χ1v) is 4.39. The predicted octanol–water partition coefficient (Wildman–Crippen LogP) is 2.20.